The Morgan fingerprint density at radius 1 is 1.19 bits per heavy atom. The average molecular weight is 297 g/mol. The number of nitrogens with zero attached hydrogens (tertiary/aromatic N) is 1. The second kappa shape index (κ2) is 7.47. The first-order valence-corrected chi connectivity index (χ1v) is 6.41. The number of carbonyl (C=O) groups is 2. The smallest absolute Gasteiger partial charge is 0.345 e. The summed E-state index contributed by atoms with van der Waals surface area (Å²) in [4.78, 5) is 27.1. The van der Waals surface area contributed by atoms with Crippen molar-refractivity contribution in [3.05, 3.63) is 17.7 Å². The maximum atomic E-state index is 12.1. The molecule has 1 atom stereocenters. The van der Waals surface area contributed by atoms with E-state index < -0.39 is 18.0 Å². The van der Waals surface area contributed by atoms with E-state index in [9.17, 15) is 9.59 Å². The minimum absolute atomic E-state index is 0.0837. The number of rotatable bonds is 7. The van der Waals surface area contributed by atoms with Gasteiger partial charge in [-0.15, -0.1) is 0 Å². The number of ether oxygens (including phenoxy) is 3. The van der Waals surface area contributed by atoms with Crippen LogP contribution in [-0.2, 0) is 9.53 Å². The SMILES string of the molecule is COc1cc(C(=O)O[C@H](CC(C)C)C(=O)O)cc(OC)n1. The molecule has 0 amide bonds. The minimum Gasteiger partial charge on any atom is -0.481 e. The summed E-state index contributed by atoms with van der Waals surface area (Å²) in [6.45, 7) is 3.70. The zero-order chi connectivity index (χ0) is 16.0. The van der Waals surface area contributed by atoms with E-state index in [1.54, 1.807) is 0 Å². The second-order valence-electron chi connectivity index (χ2n) is 4.80. The molecule has 1 N–H and O–H groups in total. The van der Waals surface area contributed by atoms with Crippen molar-refractivity contribution in [2.75, 3.05) is 14.2 Å². The maximum Gasteiger partial charge on any atom is 0.345 e. The van der Waals surface area contributed by atoms with Crippen LogP contribution in [0, 0.1) is 5.92 Å². The van der Waals surface area contributed by atoms with Gasteiger partial charge in [0.05, 0.1) is 19.8 Å². The number of carboxylic acid groups (broad SMARTS) is 1. The van der Waals surface area contributed by atoms with E-state index in [4.69, 9.17) is 19.3 Å². The van der Waals surface area contributed by atoms with E-state index in [1.807, 2.05) is 13.8 Å². The van der Waals surface area contributed by atoms with Crippen LogP contribution in [0.5, 0.6) is 11.8 Å². The summed E-state index contributed by atoms with van der Waals surface area (Å²) in [5.41, 5.74) is 0.119. The number of carbonyl (C=O) groups excluding carboxylic acids is 1. The Bertz CT molecular complexity index is 492. The lowest BCUT2D eigenvalue weighted by molar-refractivity contribution is -0.148. The molecule has 0 aromatic carbocycles. The molecule has 116 valence electrons. The third-order valence-electron chi connectivity index (χ3n) is 2.64. The van der Waals surface area contributed by atoms with Crippen LogP contribution in [0.1, 0.15) is 30.6 Å². The topological polar surface area (TPSA) is 95.0 Å². The molecule has 0 aliphatic rings. The van der Waals surface area contributed by atoms with E-state index in [2.05, 4.69) is 4.98 Å². The highest BCUT2D eigenvalue weighted by atomic mass is 16.6. The molecule has 7 nitrogen and oxygen atoms in total. The fourth-order valence-corrected chi connectivity index (χ4v) is 1.63. The number of hydrogen-bond acceptors (Lipinski definition) is 6. The predicted octanol–water partition coefficient (Wildman–Crippen LogP) is 1.75. The number of aromatic nitrogens is 1. The van der Waals surface area contributed by atoms with Crippen LogP contribution >= 0.6 is 0 Å². The van der Waals surface area contributed by atoms with E-state index in [0.29, 0.717) is 0 Å². The van der Waals surface area contributed by atoms with Gasteiger partial charge >= 0.3 is 11.9 Å². The molecule has 1 aromatic heterocycles. The number of pyridine rings is 1. The lowest BCUT2D eigenvalue weighted by atomic mass is 10.1. The van der Waals surface area contributed by atoms with E-state index in [-0.39, 0.29) is 29.7 Å². The second-order valence-corrected chi connectivity index (χ2v) is 4.80. The van der Waals surface area contributed by atoms with Crippen molar-refractivity contribution in [2.24, 2.45) is 5.92 Å². The lowest BCUT2D eigenvalue weighted by Crippen LogP contribution is -2.28. The maximum absolute atomic E-state index is 12.1. The van der Waals surface area contributed by atoms with Gasteiger partial charge in [0.2, 0.25) is 11.8 Å². The first-order valence-electron chi connectivity index (χ1n) is 6.41. The van der Waals surface area contributed by atoms with Gasteiger partial charge in [-0.2, -0.15) is 4.98 Å². The zero-order valence-corrected chi connectivity index (χ0v) is 12.5. The van der Waals surface area contributed by atoms with Crippen LogP contribution in [0.4, 0.5) is 0 Å². The predicted molar refractivity (Wildman–Crippen MR) is 73.6 cm³/mol. The van der Waals surface area contributed by atoms with E-state index in [0.717, 1.165) is 0 Å². The van der Waals surface area contributed by atoms with E-state index in [1.165, 1.54) is 26.4 Å². The highest BCUT2D eigenvalue weighted by Gasteiger charge is 2.24. The van der Waals surface area contributed by atoms with Gasteiger partial charge in [-0.1, -0.05) is 13.8 Å². The van der Waals surface area contributed by atoms with Crippen LogP contribution in [0.15, 0.2) is 12.1 Å². The van der Waals surface area contributed by atoms with Gasteiger partial charge in [-0.3, -0.25) is 0 Å². The first kappa shape index (κ1) is 16.7. The Kier molecular flexibility index (Phi) is 5.95. The molecule has 0 aliphatic heterocycles. The highest BCUT2D eigenvalue weighted by molar-refractivity contribution is 5.91. The van der Waals surface area contributed by atoms with Crippen molar-refractivity contribution in [3.8, 4) is 11.8 Å². The summed E-state index contributed by atoms with van der Waals surface area (Å²) >= 11 is 0. The molecule has 1 aromatic rings. The Hall–Kier alpha value is -2.31. The Balaban J connectivity index is 2.94. The molecule has 0 radical (unpaired) electrons. The molecule has 7 heteroatoms. The van der Waals surface area contributed by atoms with Gasteiger partial charge in [0.25, 0.3) is 0 Å². The third-order valence-corrected chi connectivity index (χ3v) is 2.64. The Morgan fingerprint density at radius 3 is 2.10 bits per heavy atom. The fraction of sp³-hybridized carbons (Fsp3) is 0.500. The van der Waals surface area contributed by atoms with Crippen molar-refractivity contribution < 1.29 is 28.9 Å². The van der Waals surface area contributed by atoms with Crippen molar-refractivity contribution in [1.29, 1.82) is 0 Å². The molecule has 0 fully saturated rings. The summed E-state index contributed by atoms with van der Waals surface area (Å²) in [7, 11) is 2.80. The number of hydrogen-bond donors (Lipinski definition) is 1. The van der Waals surface area contributed by atoms with Crippen LogP contribution in [-0.4, -0.2) is 42.4 Å². The third kappa shape index (κ3) is 4.94. The quantitative estimate of drug-likeness (QED) is 0.766. The molecule has 0 bridgehead atoms. The standard InChI is InChI=1S/C14H19NO6/c1-8(2)5-10(13(16)17)21-14(18)9-6-11(19-3)15-12(7-9)20-4/h6-8,10H,5H2,1-4H3,(H,16,17)/t10-/m1/s1. The molecule has 0 spiro atoms. The summed E-state index contributed by atoms with van der Waals surface area (Å²) < 4.78 is 14.9. The van der Waals surface area contributed by atoms with Crippen LogP contribution in [0.2, 0.25) is 0 Å². The molecule has 1 rings (SSSR count). The van der Waals surface area contributed by atoms with Crippen molar-refractivity contribution >= 4 is 11.9 Å². The highest BCUT2D eigenvalue weighted by Crippen LogP contribution is 2.19. The van der Waals surface area contributed by atoms with Gasteiger partial charge in [0.1, 0.15) is 0 Å². The van der Waals surface area contributed by atoms with Crippen molar-refractivity contribution in [2.45, 2.75) is 26.4 Å². The van der Waals surface area contributed by atoms with Crippen LogP contribution in [0.3, 0.4) is 0 Å². The van der Waals surface area contributed by atoms with Gasteiger partial charge in [0.15, 0.2) is 6.10 Å². The molecule has 0 aliphatic carbocycles. The largest absolute Gasteiger partial charge is 0.481 e. The van der Waals surface area contributed by atoms with Crippen LogP contribution in [0.25, 0.3) is 0 Å². The van der Waals surface area contributed by atoms with Gasteiger partial charge < -0.3 is 19.3 Å². The molecule has 1 heterocycles. The van der Waals surface area contributed by atoms with Crippen LogP contribution < -0.4 is 9.47 Å². The lowest BCUT2D eigenvalue weighted by Gasteiger charge is -2.16. The summed E-state index contributed by atoms with van der Waals surface area (Å²) in [6.07, 6.45) is -0.955. The fourth-order valence-electron chi connectivity index (χ4n) is 1.63. The number of carboxylic acids is 1. The molecular weight excluding hydrogens is 278 g/mol. The number of methoxy groups -OCH3 is 2. The first-order chi connectivity index (χ1) is 9.87. The zero-order valence-electron chi connectivity index (χ0n) is 12.5. The Labute approximate surface area is 122 Å². The summed E-state index contributed by atoms with van der Waals surface area (Å²) in [5, 5.41) is 9.08. The number of aliphatic carboxylic acids is 1. The minimum atomic E-state index is -1.19. The molecule has 0 unspecified atom stereocenters. The van der Waals surface area contributed by atoms with Gasteiger partial charge in [-0.05, 0) is 12.3 Å². The normalized spacial score (nSPS) is 11.9. The molecule has 0 saturated heterocycles. The summed E-state index contributed by atoms with van der Waals surface area (Å²) in [5.74, 6) is -1.50. The van der Waals surface area contributed by atoms with Crippen molar-refractivity contribution in [3.63, 3.8) is 0 Å². The molecule has 0 saturated carbocycles. The number of esters is 1. The Morgan fingerprint density at radius 2 is 1.71 bits per heavy atom. The molecule has 21 heavy (non-hydrogen) atoms. The van der Waals surface area contributed by atoms with Gasteiger partial charge in [-0.25, -0.2) is 9.59 Å². The average Bonchev–Trinajstić information content (AvgIpc) is 2.45. The van der Waals surface area contributed by atoms with Crippen molar-refractivity contribution in [1.82, 2.24) is 4.98 Å². The van der Waals surface area contributed by atoms with E-state index >= 15 is 0 Å². The molecular formula is C14H19NO6. The monoisotopic (exact) mass is 297 g/mol. The summed E-state index contributed by atoms with van der Waals surface area (Å²) in [6, 6.07) is 2.72. The van der Waals surface area contributed by atoms with Gasteiger partial charge in [0, 0.05) is 12.1 Å².